The molecule has 0 fully saturated rings. The van der Waals surface area contributed by atoms with Crippen LogP contribution in [0.5, 0.6) is 0 Å². The maximum Gasteiger partial charge on any atom is 0.421 e. The van der Waals surface area contributed by atoms with E-state index in [1.165, 1.54) is 33.4 Å². The molecule has 7 heteroatoms. The predicted octanol–water partition coefficient (Wildman–Crippen LogP) is 33.6. The second-order valence-corrected chi connectivity index (χ2v) is 49.9. The molecule has 0 spiro atoms. The molecule has 0 aromatic heterocycles. The molecule has 0 saturated carbocycles. The van der Waals surface area contributed by atoms with Crippen molar-refractivity contribution in [3.8, 4) is 0 Å². The lowest BCUT2D eigenvalue weighted by atomic mass is 9.67. The third-order valence-electron chi connectivity index (χ3n) is 24.4. The number of benzene rings is 6. The summed E-state index contributed by atoms with van der Waals surface area (Å²) < 4.78 is 23.7. The highest BCUT2D eigenvalue weighted by Gasteiger charge is 2.53. The van der Waals surface area contributed by atoms with E-state index < -0.39 is 57.9 Å². The summed E-state index contributed by atoms with van der Waals surface area (Å²) in [6, 6.07) is 42.2. The van der Waals surface area contributed by atoms with Gasteiger partial charge in [0, 0.05) is 0 Å². The van der Waals surface area contributed by atoms with Crippen LogP contribution in [0.2, 0.25) is 0 Å². The minimum absolute atomic E-state index is 0.210. The Morgan fingerprint density at radius 1 is 0.229 bits per heavy atom. The Labute approximate surface area is 726 Å². The lowest BCUT2D eigenvalue weighted by molar-refractivity contribution is -0.363. The predicted molar refractivity (Wildman–Crippen MR) is 512 cm³/mol. The van der Waals surface area contributed by atoms with Crippen LogP contribution in [0.25, 0.3) is 0 Å². The van der Waals surface area contributed by atoms with Crippen molar-refractivity contribution < 1.29 is 28.7 Å². The van der Waals surface area contributed by atoms with Crippen molar-refractivity contribution >= 4 is 8.60 Å². The van der Waals surface area contributed by atoms with Crippen LogP contribution in [0, 0.1) is 17.8 Å². The van der Waals surface area contributed by atoms with E-state index in [9.17, 15) is 0 Å². The van der Waals surface area contributed by atoms with Crippen molar-refractivity contribution in [2.75, 3.05) is 0 Å². The van der Waals surface area contributed by atoms with Gasteiger partial charge < -0.3 is 0 Å². The van der Waals surface area contributed by atoms with Gasteiger partial charge in [-0.25, -0.2) is 14.7 Å². The molecule has 118 heavy (non-hydrogen) atoms. The summed E-state index contributed by atoms with van der Waals surface area (Å²) >= 11 is 0. The Hall–Kier alpha value is -5.27. The Kier molecular flexibility index (Phi) is 31.7. The SMILES string of the molecule is C=C(CCCC(C)C)C(OOP(OOC(C(=C)CCCC(C)C)(c1ccc(C(C)(C)C)cc1C(C)(C)C)c1ccc(C(C)(C)C)cc1C(C)(C)C)OOC(C(=C)CCCC(C)C)(c1ccc(C(C)(C)C)cc1C(C)(C)C)c1ccc(C(C)(C)C)cc1C(C)(C)C)(c1ccc(C(C)(C)C)cc1C(C)(C)C)c1ccc(C(C)(C)C)cc1C(C)(C)C. The molecule has 0 unspecified atom stereocenters. The van der Waals surface area contributed by atoms with Gasteiger partial charge in [0.25, 0.3) is 0 Å². The van der Waals surface area contributed by atoms with Gasteiger partial charge >= 0.3 is 8.60 Å². The molecular formula is C111H171O6P. The molecule has 6 nitrogen and oxygen atoms in total. The standard InChI is InChI=1S/C111H171O6P/c1-73(2)49-46-52-76(7)109(85-61-55-79(97(10,11)12)67-91(85)103(28,29)30,86-62-56-80(98(13,14)15)68-92(86)104(31,32)33)112-115-118(116-113-110(77(8)53-47-50-74(3)4,87-63-57-81(99(16,17)18)69-93(87)105(34,35)36)88-64-58-82(100(19,20)21)70-94(88)106(37,38)39)117-114-111(78(9)54-48-51-75(5)6,89-65-59-83(101(22,23)24)71-95(89)107(40,41)42)90-66-60-84(102(25,26)27)72-96(90)108(43,44)45/h55-75H,7-9,46-54H2,1-6,10-45H3. The van der Waals surface area contributed by atoms with Crippen molar-refractivity contribution in [3.63, 3.8) is 0 Å². The van der Waals surface area contributed by atoms with Gasteiger partial charge in [0.15, 0.2) is 16.8 Å². The third-order valence-corrected chi connectivity index (χ3v) is 25.0. The Morgan fingerprint density at radius 2 is 0.373 bits per heavy atom. The van der Waals surface area contributed by atoms with Crippen LogP contribution in [0.1, 0.15) is 449 Å². The third kappa shape index (κ3) is 24.2. The highest BCUT2D eigenvalue weighted by molar-refractivity contribution is 7.41. The van der Waals surface area contributed by atoms with Crippen LogP contribution in [0.15, 0.2) is 146 Å². The molecule has 0 N–H and O–H groups in total. The topological polar surface area (TPSA) is 55.4 Å². The fourth-order valence-electron chi connectivity index (χ4n) is 16.6. The molecule has 0 aliphatic rings. The van der Waals surface area contributed by atoms with E-state index in [4.69, 9.17) is 48.4 Å². The van der Waals surface area contributed by atoms with E-state index in [0.717, 1.165) is 122 Å². The van der Waals surface area contributed by atoms with Crippen LogP contribution in [0.3, 0.4) is 0 Å². The Balaban J connectivity index is 2.05. The van der Waals surface area contributed by atoms with Gasteiger partial charge in [0.05, 0.1) is 0 Å². The first-order chi connectivity index (χ1) is 53.3. The van der Waals surface area contributed by atoms with Crippen LogP contribution in [-0.2, 0) is 110 Å². The van der Waals surface area contributed by atoms with E-state index in [2.05, 4.69) is 400 Å². The molecule has 656 valence electrons. The van der Waals surface area contributed by atoms with Crippen LogP contribution in [0.4, 0.5) is 0 Å². The molecule has 0 atom stereocenters. The van der Waals surface area contributed by atoms with Gasteiger partial charge in [-0.15, -0.1) is 14.0 Å². The summed E-state index contributed by atoms with van der Waals surface area (Å²) in [5.41, 5.74) is 13.1. The molecule has 6 rings (SSSR count). The zero-order chi connectivity index (χ0) is 90.3. The van der Waals surface area contributed by atoms with E-state index in [-0.39, 0.29) is 32.5 Å². The quantitative estimate of drug-likeness (QED) is 0.0194. The monoisotopic (exact) mass is 1630 g/mol. The maximum absolute atomic E-state index is 8.26. The maximum atomic E-state index is 8.26. The lowest BCUT2D eigenvalue weighted by Crippen LogP contribution is -2.40. The molecule has 0 saturated heterocycles. The van der Waals surface area contributed by atoms with E-state index in [1.807, 2.05) is 0 Å². The van der Waals surface area contributed by atoms with Crippen molar-refractivity contribution in [1.82, 2.24) is 0 Å². The Bertz CT molecular complexity index is 3740. The second kappa shape index (κ2) is 36.9. The molecular weight excluding hydrogens is 1460 g/mol. The van der Waals surface area contributed by atoms with Gasteiger partial charge in [-0.1, -0.05) is 439 Å². The van der Waals surface area contributed by atoms with Crippen molar-refractivity contribution in [1.29, 1.82) is 0 Å². The minimum atomic E-state index is -3.10. The Morgan fingerprint density at radius 3 is 0.492 bits per heavy atom. The van der Waals surface area contributed by atoms with Gasteiger partial charge in [-0.05, 0) is 238 Å². The van der Waals surface area contributed by atoms with Gasteiger partial charge in [0.2, 0.25) is 0 Å². The highest BCUT2D eigenvalue weighted by atomic mass is 31.2. The molecule has 0 amide bonds. The smallest absolute Gasteiger partial charge is 0.207 e. The van der Waals surface area contributed by atoms with Gasteiger partial charge in [-0.3, -0.25) is 0 Å². The number of hydrogen-bond donors (Lipinski definition) is 0. The number of rotatable bonds is 30. The first-order valence-corrected chi connectivity index (χ1v) is 46.2. The molecule has 0 aliphatic heterocycles. The van der Waals surface area contributed by atoms with Crippen LogP contribution < -0.4 is 0 Å². The average molecular weight is 1630 g/mol. The molecule has 0 bridgehead atoms. The summed E-state index contributed by atoms with van der Waals surface area (Å²) in [5.74, 6) is 1.28. The summed E-state index contributed by atoms with van der Waals surface area (Å²) in [6.07, 6.45) is 7.23. The normalized spacial score (nSPS) is 14.1. The highest BCUT2D eigenvalue weighted by Crippen LogP contribution is 2.60. The minimum Gasteiger partial charge on any atom is -0.207 e. The van der Waals surface area contributed by atoms with Crippen molar-refractivity contribution in [3.05, 3.63) is 246 Å². The second-order valence-electron chi connectivity index (χ2n) is 49.0. The first-order valence-electron chi connectivity index (χ1n) is 45.1. The summed E-state index contributed by atoms with van der Waals surface area (Å²) in [7, 11) is -3.10. The van der Waals surface area contributed by atoms with E-state index >= 15 is 0 Å². The molecule has 0 radical (unpaired) electrons. The summed E-state index contributed by atoms with van der Waals surface area (Å²) in [4.78, 5) is 24.8. The fourth-order valence-corrected chi connectivity index (χ4v) is 17.2. The fraction of sp³-hybridized carbons (Fsp3) is 0.622. The van der Waals surface area contributed by atoms with E-state index in [0.29, 0.717) is 37.0 Å². The van der Waals surface area contributed by atoms with Crippen LogP contribution in [-0.4, -0.2) is 0 Å². The van der Waals surface area contributed by atoms with Crippen molar-refractivity contribution in [2.45, 2.75) is 430 Å². The largest absolute Gasteiger partial charge is 0.421 e. The molecule has 6 aromatic carbocycles. The molecule has 6 aromatic rings. The number of hydrogen-bond acceptors (Lipinski definition) is 6. The zero-order valence-electron chi connectivity index (χ0n) is 83.5. The van der Waals surface area contributed by atoms with Crippen molar-refractivity contribution in [2.24, 2.45) is 17.8 Å². The van der Waals surface area contributed by atoms with Crippen LogP contribution >= 0.6 is 8.60 Å². The summed E-state index contributed by atoms with van der Waals surface area (Å²) in [6.45, 7) is 113. The first kappa shape index (κ1) is 102. The summed E-state index contributed by atoms with van der Waals surface area (Å²) in [5, 5.41) is 0. The zero-order valence-corrected chi connectivity index (χ0v) is 84.4. The lowest BCUT2D eigenvalue weighted by Gasteiger charge is -2.44. The van der Waals surface area contributed by atoms with Gasteiger partial charge in [0.1, 0.15) is 0 Å². The molecule has 0 heterocycles. The molecule has 0 aliphatic carbocycles. The van der Waals surface area contributed by atoms with E-state index in [1.54, 1.807) is 0 Å². The van der Waals surface area contributed by atoms with Gasteiger partial charge in [-0.2, -0.15) is 0 Å². The average Bonchev–Trinajstić information content (AvgIpc) is 0.730.